The number of halogens is 1. The lowest BCUT2D eigenvalue weighted by molar-refractivity contribution is 0.103. The largest absolute Gasteiger partial charge is 0.289 e. The van der Waals surface area contributed by atoms with Gasteiger partial charge in [0.1, 0.15) is 0 Å². The molecular formula is C34H15ClO2. The number of fused-ring (bicyclic) bond motifs is 6. The molecule has 170 valence electrons. The van der Waals surface area contributed by atoms with Crippen LogP contribution in [0, 0.1) is 0 Å². The van der Waals surface area contributed by atoms with E-state index >= 15 is 0 Å². The van der Waals surface area contributed by atoms with Gasteiger partial charge in [-0.05, 0) is 67.2 Å². The van der Waals surface area contributed by atoms with E-state index in [9.17, 15) is 9.59 Å². The molecule has 9 rings (SSSR count). The average molecular weight is 491 g/mol. The molecule has 0 fully saturated rings. The summed E-state index contributed by atoms with van der Waals surface area (Å²) in [6.45, 7) is 0. The molecule has 0 aromatic heterocycles. The molecule has 7 aromatic carbocycles. The Balaban J connectivity index is 1.55. The molecule has 0 N–H and O–H groups in total. The normalized spacial score (nSPS) is 13.6. The topological polar surface area (TPSA) is 34.1 Å². The van der Waals surface area contributed by atoms with E-state index in [1.54, 1.807) is 0 Å². The maximum atomic E-state index is 13.6. The smallest absolute Gasteiger partial charge is 0.194 e. The van der Waals surface area contributed by atoms with E-state index in [-0.39, 0.29) is 11.6 Å². The van der Waals surface area contributed by atoms with Gasteiger partial charge in [-0.3, -0.25) is 9.59 Å². The molecule has 0 saturated carbocycles. The van der Waals surface area contributed by atoms with Crippen molar-refractivity contribution in [2.24, 2.45) is 0 Å². The fraction of sp³-hybridized carbons (Fsp3) is 0. The van der Waals surface area contributed by atoms with Crippen molar-refractivity contribution >= 4 is 66.3 Å². The highest BCUT2D eigenvalue weighted by atomic mass is 35.5. The first kappa shape index (κ1) is 19.6. The second kappa shape index (κ2) is 6.42. The third-order valence-electron chi connectivity index (χ3n) is 8.37. The minimum absolute atomic E-state index is 0.0288. The molecule has 2 aliphatic rings. The van der Waals surface area contributed by atoms with Gasteiger partial charge in [-0.2, -0.15) is 0 Å². The van der Waals surface area contributed by atoms with E-state index in [2.05, 4.69) is 24.3 Å². The molecule has 0 atom stereocenters. The molecule has 0 heterocycles. The van der Waals surface area contributed by atoms with Crippen LogP contribution in [-0.4, -0.2) is 11.6 Å². The Kier molecular flexibility index (Phi) is 3.41. The van der Waals surface area contributed by atoms with Crippen LogP contribution in [0.4, 0.5) is 0 Å². The maximum absolute atomic E-state index is 13.6. The van der Waals surface area contributed by atoms with Crippen LogP contribution >= 0.6 is 11.6 Å². The van der Waals surface area contributed by atoms with Gasteiger partial charge in [0.2, 0.25) is 0 Å². The van der Waals surface area contributed by atoms with Crippen LogP contribution in [0.2, 0.25) is 5.02 Å². The minimum atomic E-state index is 0.0288. The fourth-order valence-corrected chi connectivity index (χ4v) is 7.19. The number of carbonyl (C=O) groups excluding carboxylic acids is 2. The van der Waals surface area contributed by atoms with Crippen molar-refractivity contribution in [2.45, 2.75) is 0 Å². The molecule has 3 heteroatoms. The van der Waals surface area contributed by atoms with Crippen LogP contribution in [-0.2, 0) is 0 Å². The minimum Gasteiger partial charge on any atom is -0.289 e. The van der Waals surface area contributed by atoms with Gasteiger partial charge in [0, 0.05) is 43.6 Å². The van der Waals surface area contributed by atoms with Gasteiger partial charge in [-0.1, -0.05) is 84.4 Å². The molecule has 37 heavy (non-hydrogen) atoms. The fourth-order valence-electron chi connectivity index (χ4n) is 6.89. The molecule has 7 aromatic rings. The SMILES string of the molecule is O=C1c2ccccc2-c2ccc3c4ccc5c6c(c(Cl)cc(c7ccc1c2c37)c64)-c1ccccc1C5=O. The lowest BCUT2D eigenvalue weighted by atomic mass is 9.76. The first-order valence-electron chi connectivity index (χ1n) is 12.3. The van der Waals surface area contributed by atoms with Crippen molar-refractivity contribution in [3.05, 3.63) is 118 Å². The molecule has 0 radical (unpaired) electrons. The Bertz CT molecular complexity index is 2240. The predicted octanol–water partition coefficient (Wildman–Crippen LogP) is 8.81. The Morgan fingerprint density at radius 2 is 0.892 bits per heavy atom. The van der Waals surface area contributed by atoms with E-state index < -0.39 is 0 Å². The Labute approximate surface area is 216 Å². The van der Waals surface area contributed by atoms with Gasteiger partial charge >= 0.3 is 0 Å². The number of rotatable bonds is 0. The molecule has 0 bridgehead atoms. The van der Waals surface area contributed by atoms with Crippen molar-refractivity contribution in [1.29, 1.82) is 0 Å². The van der Waals surface area contributed by atoms with Crippen LogP contribution in [0.1, 0.15) is 31.8 Å². The van der Waals surface area contributed by atoms with Crippen molar-refractivity contribution in [1.82, 2.24) is 0 Å². The van der Waals surface area contributed by atoms with E-state index in [4.69, 9.17) is 11.6 Å². The van der Waals surface area contributed by atoms with Gasteiger partial charge in [0.25, 0.3) is 0 Å². The second-order valence-corrected chi connectivity index (χ2v) is 10.4. The Morgan fingerprint density at radius 1 is 0.405 bits per heavy atom. The standard InChI is InChI=1S/C34H15ClO2/c35-27-15-26-21-12-13-24-29-18(16-5-1-3-7-22(16)33(24)36)9-10-19(28(21)29)20-11-14-25-32(30(20)26)31(27)17-6-2-4-8-23(17)34(25)37/h1-15H. The first-order valence-corrected chi connectivity index (χ1v) is 12.7. The molecule has 0 spiro atoms. The Morgan fingerprint density at radius 3 is 1.57 bits per heavy atom. The highest BCUT2D eigenvalue weighted by Crippen LogP contribution is 2.52. The van der Waals surface area contributed by atoms with Crippen LogP contribution in [0.15, 0.2) is 91.0 Å². The lowest BCUT2D eigenvalue weighted by Gasteiger charge is -2.26. The summed E-state index contributed by atoms with van der Waals surface area (Å²) in [6, 6.07) is 29.9. The zero-order chi connectivity index (χ0) is 24.6. The highest BCUT2D eigenvalue weighted by Gasteiger charge is 2.31. The summed E-state index contributed by atoms with van der Waals surface area (Å²) in [5, 5.41) is 8.89. The van der Waals surface area contributed by atoms with E-state index in [1.807, 2.05) is 66.7 Å². The number of ketones is 2. The molecule has 0 unspecified atom stereocenters. The van der Waals surface area contributed by atoms with E-state index in [1.165, 1.54) is 0 Å². The first-order chi connectivity index (χ1) is 18.1. The summed E-state index contributed by atoms with van der Waals surface area (Å²) in [7, 11) is 0. The monoisotopic (exact) mass is 490 g/mol. The van der Waals surface area contributed by atoms with Crippen molar-refractivity contribution < 1.29 is 9.59 Å². The quantitative estimate of drug-likeness (QED) is 0.157. The zero-order valence-electron chi connectivity index (χ0n) is 19.4. The van der Waals surface area contributed by atoms with Crippen LogP contribution < -0.4 is 0 Å². The lowest BCUT2D eigenvalue weighted by Crippen LogP contribution is -2.11. The molecule has 0 amide bonds. The number of carbonyl (C=O) groups is 2. The third kappa shape index (κ3) is 2.16. The predicted molar refractivity (Wildman–Crippen MR) is 150 cm³/mol. The molecule has 2 aliphatic carbocycles. The number of benzene rings is 7. The third-order valence-corrected chi connectivity index (χ3v) is 8.67. The van der Waals surface area contributed by atoms with E-state index in [0.29, 0.717) is 16.1 Å². The van der Waals surface area contributed by atoms with Gasteiger partial charge in [-0.25, -0.2) is 0 Å². The van der Waals surface area contributed by atoms with Gasteiger partial charge in [0.05, 0.1) is 0 Å². The van der Waals surface area contributed by atoms with Crippen LogP contribution in [0.25, 0.3) is 65.3 Å². The van der Waals surface area contributed by atoms with Crippen molar-refractivity contribution in [2.75, 3.05) is 0 Å². The van der Waals surface area contributed by atoms with Crippen LogP contribution in [0.3, 0.4) is 0 Å². The second-order valence-electron chi connectivity index (χ2n) is 10.0. The molecule has 0 saturated heterocycles. The summed E-state index contributed by atoms with van der Waals surface area (Å²) in [5.41, 5.74) is 6.71. The zero-order valence-corrected chi connectivity index (χ0v) is 20.1. The molecule has 0 aliphatic heterocycles. The van der Waals surface area contributed by atoms with E-state index in [0.717, 1.165) is 76.5 Å². The maximum Gasteiger partial charge on any atom is 0.194 e. The summed E-state index contributed by atoms with van der Waals surface area (Å²) in [5.74, 6) is 0.0872. The average Bonchev–Trinajstić information content (AvgIpc) is 2.94. The highest BCUT2D eigenvalue weighted by molar-refractivity contribution is 6.45. The number of hydrogen-bond donors (Lipinski definition) is 0. The Hall–Kier alpha value is -4.53. The van der Waals surface area contributed by atoms with Gasteiger partial charge in [-0.15, -0.1) is 0 Å². The molecule has 2 nitrogen and oxygen atoms in total. The summed E-state index contributed by atoms with van der Waals surface area (Å²) < 4.78 is 0. The van der Waals surface area contributed by atoms with Gasteiger partial charge in [0.15, 0.2) is 11.6 Å². The van der Waals surface area contributed by atoms with Crippen molar-refractivity contribution in [3.63, 3.8) is 0 Å². The summed E-state index contributed by atoms with van der Waals surface area (Å²) >= 11 is 7.03. The number of hydrogen-bond acceptors (Lipinski definition) is 2. The summed E-state index contributed by atoms with van der Waals surface area (Å²) in [6.07, 6.45) is 0. The summed E-state index contributed by atoms with van der Waals surface area (Å²) in [4.78, 5) is 27.1. The molecular weight excluding hydrogens is 476 g/mol. The van der Waals surface area contributed by atoms with Crippen molar-refractivity contribution in [3.8, 4) is 22.3 Å². The van der Waals surface area contributed by atoms with Crippen LogP contribution in [0.5, 0.6) is 0 Å². The van der Waals surface area contributed by atoms with Gasteiger partial charge < -0.3 is 0 Å².